The summed E-state index contributed by atoms with van der Waals surface area (Å²) in [7, 11) is 0. The van der Waals surface area contributed by atoms with E-state index in [1.807, 2.05) is 62.4 Å². The number of benzene rings is 2. The summed E-state index contributed by atoms with van der Waals surface area (Å²) in [5.41, 5.74) is 4.77. The molecule has 2 aromatic carbocycles. The summed E-state index contributed by atoms with van der Waals surface area (Å²) >= 11 is 0. The minimum atomic E-state index is -0.420. The first-order chi connectivity index (χ1) is 16.9. The molecule has 0 saturated carbocycles. The number of ether oxygens (including phenoxy) is 1. The van der Waals surface area contributed by atoms with Gasteiger partial charge >= 0.3 is 6.09 Å². The van der Waals surface area contributed by atoms with Crippen LogP contribution in [0.25, 0.3) is 11.4 Å². The fourth-order valence-electron chi connectivity index (χ4n) is 4.07. The number of aromatic nitrogens is 2. The van der Waals surface area contributed by atoms with Crippen molar-refractivity contribution in [3.8, 4) is 11.4 Å². The lowest BCUT2D eigenvalue weighted by Crippen LogP contribution is -2.42. The molecule has 2 amide bonds. The van der Waals surface area contributed by atoms with E-state index in [0.717, 1.165) is 22.3 Å². The van der Waals surface area contributed by atoms with Crippen molar-refractivity contribution in [1.82, 2.24) is 19.8 Å². The lowest BCUT2D eigenvalue weighted by atomic mass is 10.1. The van der Waals surface area contributed by atoms with E-state index in [4.69, 9.17) is 9.72 Å². The van der Waals surface area contributed by atoms with Gasteiger partial charge in [-0.05, 0) is 32.8 Å². The number of fused-ring (bicyclic) bond motifs is 1. The van der Waals surface area contributed by atoms with E-state index in [2.05, 4.69) is 5.32 Å². The number of nitrogens with one attached hydrogen (secondary N) is 1. The van der Waals surface area contributed by atoms with Crippen LogP contribution in [0.5, 0.6) is 0 Å². The predicted molar refractivity (Wildman–Crippen MR) is 133 cm³/mol. The van der Waals surface area contributed by atoms with Crippen LogP contribution in [0.3, 0.4) is 0 Å². The van der Waals surface area contributed by atoms with Gasteiger partial charge in [0.15, 0.2) is 0 Å². The van der Waals surface area contributed by atoms with E-state index in [-0.39, 0.29) is 31.2 Å². The molecule has 1 aromatic heterocycles. The summed E-state index contributed by atoms with van der Waals surface area (Å²) in [6, 6.07) is 15.6. The van der Waals surface area contributed by atoms with Gasteiger partial charge in [0.25, 0.3) is 5.56 Å². The molecule has 1 aliphatic rings. The van der Waals surface area contributed by atoms with Crippen molar-refractivity contribution in [3.63, 3.8) is 0 Å². The molecule has 8 nitrogen and oxygen atoms in total. The summed E-state index contributed by atoms with van der Waals surface area (Å²) in [5, 5.41) is 2.90. The molecule has 1 N–H and O–H groups in total. The van der Waals surface area contributed by atoms with Gasteiger partial charge in [0, 0.05) is 24.2 Å². The lowest BCUT2D eigenvalue weighted by molar-refractivity contribution is -0.121. The lowest BCUT2D eigenvalue weighted by Gasteiger charge is -2.28. The van der Waals surface area contributed by atoms with Crippen LogP contribution in [0.4, 0.5) is 4.79 Å². The molecule has 0 radical (unpaired) electrons. The van der Waals surface area contributed by atoms with Crippen molar-refractivity contribution in [2.24, 2.45) is 0 Å². The van der Waals surface area contributed by atoms with Gasteiger partial charge in [-0.3, -0.25) is 14.2 Å². The second-order valence-corrected chi connectivity index (χ2v) is 8.75. The van der Waals surface area contributed by atoms with Crippen LogP contribution >= 0.6 is 0 Å². The van der Waals surface area contributed by atoms with Gasteiger partial charge in [-0.2, -0.15) is 0 Å². The second kappa shape index (κ2) is 10.5. The van der Waals surface area contributed by atoms with E-state index >= 15 is 0 Å². The Morgan fingerprint density at radius 2 is 1.69 bits per heavy atom. The Hall–Kier alpha value is -3.94. The van der Waals surface area contributed by atoms with Crippen LogP contribution in [0.15, 0.2) is 53.3 Å². The smallest absolute Gasteiger partial charge is 0.410 e. The van der Waals surface area contributed by atoms with E-state index in [1.165, 1.54) is 4.57 Å². The SMILES string of the molecule is CCOC(=O)N1CCc2c(nc(-c3ccc(C)cc3)n(CC(=O)NCc3ccc(C)cc3)c2=O)C1. The maximum absolute atomic E-state index is 13.5. The average molecular weight is 475 g/mol. The van der Waals surface area contributed by atoms with E-state index in [0.29, 0.717) is 36.6 Å². The molecule has 182 valence electrons. The molecular formula is C27H30N4O4. The molecule has 3 aromatic rings. The Labute approximate surface area is 204 Å². The number of nitrogens with zero attached hydrogens (tertiary/aromatic N) is 3. The monoisotopic (exact) mass is 474 g/mol. The number of carbonyl (C=O) groups is 2. The first kappa shape index (κ1) is 24.2. The third-order valence-electron chi connectivity index (χ3n) is 6.07. The summed E-state index contributed by atoms with van der Waals surface area (Å²) in [4.78, 5) is 45.0. The first-order valence-corrected chi connectivity index (χ1v) is 11.8. The van der Waals surface area contributed by atoms with Gasteiger partial charge in [0.2, 0.25) is 5.91 Å². The highest BCUT2D eigenvalue weighted by atomic mass is 16.6. The minimum absolute atomic E-state index is 0.143. The number of rotatable bonds is 6. The molecule has 0 unspecified atom stereocenters. The van der Waals surface area contributed by atoms with Gasteiger partial charge in [0.05, 0.1) is 18.8 Å². The molecule has 35 heavy (non-hydrogen) atoms. The Morgan fingerprint density at radius 3 is 2.34 bits per heavy atom. The summed E-state index contributed by atoms with van der Waals surface area (Å²) < 4.78 is 6.56. The molecule has 0 saturated heterocycles. The standard InChI is InChI=1S/C27H30N4O4/c1-4-35-27(34)30-14-13-22-23(16-30)29-25(21-11-7-19(3)8-12-21)31(26(22)33)17-24(32)28-15-20-9-5-18(2)6-10-20/h5-12H,4,13-17H2,1-3H3,(H,28,32). The zero-order valence-electron chi connectivity index (χ0n) is 20.3. The molecule has 4 rings (SSSR count). The molecule has 8 heteroatoms. The van der Waals surface area contributed by atoms with Crippen LogP contribution in [-0.4, -0.2) is 39.6 Å². The van der Waals surface area contributed by atoms with Gasteiger partial charge in [-0.1, -0.05) is 59.7 Å². The highest BCUT2D eigenvalue weighted by Gasteiger charge is 2.27. The van der Waals surface area contributed by atoms with E-state index in [9.17, 15) is 14.4 Å². The molecule has 0 spiro atoms. The maximum atomic E-state index is 13.5. The van der Waals surface area contributed by atoms with Crippen molar-refractivity contribution in [1.29, 1.82) is 0 Å². The third kappa shape index (κ3) is 5.59. The number of hydrogen-bond donors (Lipinski definition) is 1. The summed E-state index contributed by atoms with van der Waals surface area (Å²) in [5.74, 6) is 0.136. The highest BCUT2D eigenvalue weighted by Crippen LogP contribution is 2.22. The highest BCUT2D eigenvalue weighted by molar-refractivity contribution is 5.76. The Bertz CT molecular complexity index is 1280. The van der Waals surface area contributed by atoms with Gasteiger partial charge in [-0.15, -0.1) is 0 Å². The zero-order valence-corrected chi connectivity index (χ0v) is 20.3. The fraction of sp³-hybridized carbons (Fsp3) is 0.333. The molecule has 0 atom stereocenters. The molecule has 2 heterocycles. The normalized spacial score (nSPS) is 12.7. The first-order valence-electron chi connectivity index (χ1n) is 11.8. The molecule has 0 fully saturated rings. The van der Waals surface area contributed by atoms with Crippen LogP contribution in [0.2, 0.25) is 0 Å². The van der Waals surface area contributed by atoms with Gasteiger partial charge in [-0.25, -0.2) is 9.78 Å². The molecular weight excluding hydrogens is 444 g/mol. The number of aryl methyl sites for hydroxylation is 2. The van der Waals surface area contributed by atoms with Crippen molar-refractivity contribution >= 4 is 12.0 Å². The van der Waals surface area contributed by atoms with Crippen molar-refractivity contribution in [2.75, 3.05) is 13.2 Å². The van der Waals surface area contributed by atoms with Gasteiger partial charge < -0.3 is 15.0 Å². The Balaban J connectivity index is 1.64. The van der Waals surface area contributed by atoms with Crippen LogP contribution < -0.4 is 10.9 Å². The largest absolute Gasteiger partial charge is 0.450 e. The topological polar surface area (TPSA) is 93.5 Å². The molecule has 0 bridgehead atoms. The van der Waals surface area contributed by atoms with Crippen molar-refractivity contribution in [3.05, 3.63) is 86.8 Å². The van der Waals surface area contributed by atoms with Crippen LogP contribution in [0, 0.1) is 13.8 Å². The van der Waals surface area contributed by atoms with Crippen molar-refractivity contribution in [2.45, 2.75) is 46.8 Å². The van der Waals surface area contributed by atoms with E-state index in [1.54, 1.807) is 11.8 Å². The minimum Gasteiger partial charge on any atom is -0.450 e. The number of carbonyl (C=O) groups excluding carboxylic acids is 2. The molecule has 0 aliphatic carbocycles. The zero-order chi connectivity index (χ0) is 24.9. The van der Waals surface area contributed by atoms with Crippen molar-refractivity contribution < 1.29 is 14.3 Å². The quantitative estimate of drug-likeness (QED) is 0.591. The van der Waals surface area contributed by atoms with Crippen LogP contribution in [0.1, 0.15) is 34.9 Å². The van der Waals surface area contributed by atoms with E-state index < -0.39 is 6.09 Å². The number of hydrogen-bond acceptors (Lipinski definition) is 5. The summed E-state index contributed by atoms with van der Waals surface area (Å²) in [6.07, 6.45) is -0.0596. The van der Waals surface area contributed by atoms with Crippen LogP contribution in [-0.2, 0) is 35.6 Å². The Morgan fingerprint density at radius 1 is 1.03 bits per heavy atom. The second-order valence-electron chi connectivity index (χ2n) is 8.75. The van der Waals surface area contributed by atoms with Gasteiger partial charge in [0.1, 0.15) is 12.4 Å². The maximum Gasteiger partial charge on any atom is 0.410 e. The Kier molecular flexibility index (Phi) is 7.29. The summed E-state index contributed by atoms with van der Waals surface area (Å²) in [6.45, 7) is 6.82. The average Bonchev–Trinajstić information content (AvgIpc) is 2.85. The third-order valence-corrected chi connectivity index (χ3v) is 6.07. The number of amides is 2. The predicted octanol–water partition coefficient (Wildman–Crippen LogP) is 3.36. The fourth-order valence-corrected chi connectivity index (χ4v) is 4.07. The molecule has 1 aliphatic heterocycles.